The number of rotatable bonds is 7. The van der Waals surface area contributed by atoms with Gasteiger partial charge in [0.05, 0.1) is 0 Å². The average molecular weight is 353 g/mol. The molecular weight excluding hydrogens is 324 g/mol. The van der Waals surface area contributed by atoms with E-state index < -0.39 is 0 Å². The second-order valence-electron chi connectivity index (χ2n) is 6.81. The number of carbonyl (C=O) groups excluding carboxylic acids is 2. The van der Waals surface area contributed by atoms with Crippen LogP contribution in [0.5, 0.6) is 0 Å². The van der Waals surface area contributed by atoms with E-state index in [2.05, 4.69) is 24.5 Å². The first-order valence-electron chi connectivity index (χ1n) is 8.62. The Labute approximate surface area is 151 Å². The number of hydrogen-bond donors (Lipinski definition) is 2. The summed E-state index contributed by atoms with van der Waals surface area (Å²) in [7, 11) is 0. The van der Waals surface area contributed by atoms with Crippen LogP contribution in [0.4, 0.5) is 0 Å². The van der Waals surface area contributed by atoms with Crippen LogP contribution in [-0.2, 0) is 11.2 Å². The lowest BCUT2D eigenvalue weighted by molar-refractivity contribution is -0.121. The molecule has 1 aromatic carbocycles. The van der Waals surface area contributed by atoms with Gasteiger partial charge in [-0.25, -0.2) is 0 Å². The molecule has 0 aromatic heterocycles. The van der Waals surface area contributed by atoms with Crippen molar-refractivity contribution in [3.63, 3.8) is 0 Å². The van der Waals surface area contributed by atoms with Gasteiger partial charge in [0.2, 0.25) is 5.91 Å². The molecule has 2 N–H and O–H groups in total. The van der Waals surface area contributed by atoms with E-state index in [4.69, 9.17) is 0 Å². The van der Waals surface area contributed by atoms with Crippen molar-refractivity contribution in [2.75, 3.05) is 19.6 Å². The van der Waals surface area contributed by atoms with Crippen molar-refractivity contribution >= 4 is 24.1 Å². The molecule has 0 saturated carbocycles. The number of aryl methyl sites for hydroxylation is 1. The third-order valence-corrected chi connectivity index (χ3v) is 4.79. The van der Waals surface area contributed by atoms with Crippen molar-refractivity contribution < 1.29 is 9.59 Å². The zero-order valence-corrected chi connectivity index (χ0v) is 15.5. The molecule has 1 aliphatic rings. The highest BCUT2D eigenvalue weighted by molar-refractivity contribution is 5.97. The quantitative estimate of drug-likeness (QED) is 0.741. The van der Waals surface area contributed by atoms with Crippen molar-refractivity contribution in [3.05, 3.63) is 35.4 Å². The number of carbonyl (C=O) groups is 2. The van der Waals surface area contributed by atoms with Gasteiger partial charge >= 0.3 is 0 Å². The number of halogens is 1. The third kappa shape index (κ3) is 6.25. The van der Waals surface area contributed by atoms with Crippen molar-refractivity contribution in [1.29, 1.82) is 0 Å². The third-order valence-electron chi connectivity index (χ3n) is 4.79. The van der Waals surface area contributed by atoms with Gasteiger partial charge in [-0.2, -0.15) is 0 Å². The molecule has 134 valence electrons. The number of ketones is 1. The Morgan fingerprint density at radius 2 is 1.75 bits per heavy atom. The molecule has 1 aromatic rings. The molecular formula is C19H29ClN2O2. The Hall–Kier alpha value is -1.39. The fourth-order valence-electron chi connectivity index (χ4n) is 2.91. The number of nitrogens with one attached hydrogen (secondary N) is 2. The van der Waals surface area contributed by atoms with Crippen LogP contribution < -0.4 is 10.6 Å². The smallest absolute Gasteiger partial charge is 0.220 e. The molecule has 0 spiro atoms. The van der Waals surface area contributed by atoms with Gasteiger partial charge in [0, 0.05) is 24.9 Å². The maximum Gasteiger partial charge on any atom is 0.220 e. The topological polar surface area (TPSA) is 58.2 Å². The minimum absolute atomic E-state index is 0. The van der Waals surface area contributed by atoms with E-state index in [1.54, 1.807) is 0 Å². The van der Waals surface area contributed by atoms with Crippen molar-refractivity contribution in [2.24, 2.45) is 5.41 Å². The standard InChI is InChI=1S/C19H28N2O2.ClH/c1-3-15-4-6-16(7-5-15)17(22)8-9-18(23)21-14-19(2)10-12-20-13-11-19;/h4-7,20H,3,8-14H2,1-2H3,(H,21,23);1H. The van der Waals surface area contributed by atoms with Crippen LogP contribution in [0.2, 0.25) is 0 Å². The van der Waals surface area contributed by atoms with Gasteiger partial charge in [-0.1, -0.05) is 38.1 Å². The van der Waals surface area contributed by atoms with E-state index in [0.29, 0.717) is 12.1 Å². The lowest BCUT2D eigenvalue weighted by Gasteiger charge is -2.34. The van der Waals surface area contributed by atoms with Gasteiger partial charge in [0.25, 0.3) is 0 Å². The summed E-state index contributed by atoms with van der Waals surface area (Å²) in [6.45, 7) is 7.03. The highest BCUT2D eigenvalue weighted by atomic mass is 35.5. The summed E-state index contributed by atoms with van der Waals surface area (Å²) in [6.07, 6.45) is 3.66. The molecule has 1 aliphatic heterocycles. The molecule has 1 amide bonds. The van der Waals surface area contributed by atoms with E-state index in [1.807, 2.05) is 24.3 Å². The molecule has 0 radical (unpaired) electrons. The van der Waals surface area contributed by atoms with E-state index >= 15 is 0 Å². The summed E-state index contributed by atoms with van der Waals surface area (Å²) in [5.41, 5.74) is 2.09. The largest absolute Gasteiger partial charge is 0.356 e. The van der Waals surface area contributed by atoms with E-state index in [-0.39, 0.29) is 42.4 Å². The molecule has 0 atom stereocenters. The highest BCUT2D eigenvalue weighted by Crippen LogP contribution is 2.26. The number of piperidine rings is 1. The predicted molar refractivity (Wildman–Crippen MR) is 99.9 cm³/mol. The van der Waals surface area contributed by atoms with E-state index in [0.717, 1.165) is 32.4 Å². The van der Waals surface area contributed by atoms with Gasteiger partial charge in [0.1, 0.15) is 0 Å². The van der Waals surface area contributed by atoms with Crippen LogP contribution in [0, 0.1) is 5.41 Å². The number of benzene rings is 1. The highest BCUT2D eigenvalue weighted by Gasteiger charge is 2.26. The monoisotopic (exact) mass is 352 g/mol. The second kappa shape index (κ2) is 9.80. The average Bonchev–Trinajstić information content (AvgIpc) is 2.58. The first-order valence-corrected chi connectivity index (χ1v) is 8.62. The van der Waals surface area contributed by atoms with Crippen molar-refractivity contribution in [1.82, 2.24) is 10.6 Å². The maximum atomic E-state index is 12.1. The summed E-state index contributed by atoms with van der Waals surface area (Å²) >= 11 is 0. The number of amides is 1. The summed E-state index contributed by atoms with van der Waals surface area (Å²) in [6, 6.07) is 7.67. The predicted octanol–water partition coefficient (Wildman–Crippen LogP) is 3.14. The Morgan fingerprint density at radius 3 is 2.33 bits per heavy atom. The Bertz CT molecular complexity index is 537. The zero-order chi connectivity index (χ0) is 16.7. The molecule has 1 heterocycles. The van der Waals surface area contributed by atoms with Crippen LogP contribution in [-0.4, -0.2) is 31.3 Å². The normalized spacial score (nSPS) is 16.1. The summed E-state index contributed by atoms with van der Waals surface area (Å²) in [4.78, 5) is 24.1. The minimum Gasteiger partial charge on any atom is -0.356 e. The number of hydrogen-bond acceptors (Lipinski definition) is 3. The van der Waals surface area contributed by atoms with Gasteiger partial charge in [-0.15, -0.1) is 12.4 Å². The van der Waals surface area contributed by atoms with Crippen molar-refractivity contribution in [2.45, 2.75) is 46.0 Å². The molecule has 4 nitrogen and oxygen atoms in total. The van der Waals surface area contributed by atoms with Gasteiger partial charge < -0.3 is 10.6 Å². The second-order valence-corrected chi connectivity index (χ2v) is 6.81. The van der Waals surface area contributed by atoms with E-state index in [9.17, 15) is 9.59 Å². The molecule has 24 heavy (non-hydrogen) atoms. The molecule has 0 bridgehead atoms. The fourth-order valence-corrected chi connectivity index (χ4v) is 2.91. The van der Waals surface area contributed by atoms with E-state index in [1.165, 1.54) is 5.56 Å². The first-order chi connectivity index (χ1) is 11.0. The first kappa shape index (κ1) is 20.7. The summed E-state index contributed by atoms with van der Waals surface area (Å²) < 4.78 is 0. The van der Waals surface area contributed by atoms with Crippen LogP contribution >= 0.6 is 12.4 Å². The minimum atomic E-state index is -0.0247. The van der Waals surface area contributed by atoms with Crippen LogP contribution in [0.3, 0.4) is 0 Å². The van der Waals surface area contributed by atoms with Crippen LogP contribution in [0.25, 0.3) is 0 Å². The van der Waals surface area contributed by atoms with Crippen molar-refractivity contribution in [3.8, 4) is 0 Å². The summed E-state index contributed by atoms with van der Waals surface area (Å²) in [5, 5.41) is 6.34. The lowest BCUT2D eigenvalue weighted by Crippen LogP contribution is -2.42. The zero-order valence-electron chi connectivity index (χ0n) is 14.7. The Kier molecular flexibility index (Phi) is 8.43. The molecule has 1 fully saturated rings. The maximum absolute atomic E-state index is 12.1. The van der Waals surface area contributed by atoms with Gasteiger partial charge in [-0.3, -0.25) is 9.59 Å². The Morgan fingerprint density at radius 1 is 1.12 bits per heavy atom. The fraction of sp³-hybridized carbons (Fsp3) is 0.579. The lowest BCUT2D eigenvalue weighted by atomic mass is 9.81. The molecule has 5 heteroatoms. The molecule has 0 aliphatic carbocycles. The van der Waals surface area contributed by atoms with Crippen LogP contribution in [0.1, 0.15) is 55.5 Å². The molecule has 1 saturated heterocycles. The summed E-state index contributed by atoms with van der Waals surface area (Å²) in [5.74, 6) is 0.0131. The SMILES string of the molecule is CCc1ccc(C(=O)CCC(=O)NCC2(C)CCNCC2)cc1.Cl. The molecule has 2 rings (SSSR count). The van der Waals surface area contributed by atoms with Gasteiger partial charge in [0.15, 0.2) is 5.78 Å². The van der Waals surface area contributed by atoms with Crippen LogP contribution in [0.15, 0.2) is 24.3 Å². The molecule has 0 unspecified atom stereocenters. The Balaban J connectivity index is 0.00000288. The number of Topliss-reactive ketones (excluding diaryl/α,β-unsaturated/α-hetero) is 1. The van der Waals surface area contributed by atoms with Gasteiger partial charge in [-0.05, 0) is 43.3 Å².